The van der Waals surface area contributed by atoms with Crippen molar-refractivity contribution in [3.63, 3.8) is 0 Å². The summed E-state index contributed by atoms with van der Waals surface area (Å²) in [6, 6.07) is -1.97. The van der Waals surface area contributed by atoms with Gasteiger partial charge < -0.3 is 26.2 Å². The third kappa shape index (κ3) is 4.74. The summed E-state index contributed by atoms with van der Waals surface area (Å²) in [6.45, 7) is 2.18. The zero-order valence-electron chi connectivity index (χ0n) is 10.8. The van der Waals surface area contributed by atoms with Crippen LogP contribution in [0.4, 0.5) is 4.79 Å². The number of urea groups is 1. The molecule has 1 aliphatic rings. The number of amides is 3. The van der Waals surface area contributed by atoms with Gasteiger partial charge in [-0.3, -0.25) is 4.79 Å². The summed E-state index contributed by atoms with van der Waals surface area (Å²) in [5.74, 6) is -2.13. The van der Waals surface area contributed by atoms with Crippen molar-refractivity contribution >= 4 is 17.9 Å². The standard InChI is InChI=1S/C11H19N3O5/c1-11(19)3-2-4-14(6-11)10(18)13-7(9(16)17)5-8(12)15/h7,19H,2-6H2,1H3,(H2,12,15)(H,13,18)(H,16,17). The zero-order valence-corrected chi connectivity index (χ0v) is 10.8. The lowest BCUT2D eigenvalue weighted by atomic mass is 9.95. The zero-order chi connectivity index (χ0) is 14.6. The smallest absolute Gasteiger partial charge is 0.326 e. The molecular formula is C11H19N3O5. The molecule has 108 valence electrons. The molecule has 2 unspecified atom stereocenters. The van der Waals surface area contributed by atoms with Gasteiger partial charge in [0.05, 0.1) is 18.6 Å². The Morgan fingerprint density at radius 3 is 2.58 bits per heavy atom. The van der Waals surface area contributed by atoms with Crippen molar-refractivity contribution in [2.24, 2.45) is 5.73 Å². The van der Waals surface area contributed by atoms with Crippen molar-refractivity contribution in [3.8, 4) is 0 Å². The number of piperidine rings is 1. The molecule has 3 amide bonds. The number of primary amides is 1. The van der Waals surface area contributed by atoms with Crippen LogP contribution >= 0.6 is 0 Å². The van der Waals surface area contributed by atoms with Crippen LogP contribution in [-0.2, 0) is 9.59 Å². The van der Waals surface area contributed by atoms with E-state index >= 15 is 0 Å². The van der Waals surface area contributed by atoms with Crippen LogP contribution in [-0.4, -0.2) is 57.8 Å². The number of nitrogens with two attached hydrogens (primary N) is 1. The van der Waals surface area contributed by atoms with E-state index in [9.17, 15) is 19.5 Å². The monoisotopic (exact) mass is 273 g/mol. The number of aliphatic hydroxyl groups is 1. The molecule has 0 radical (unpaired) electrons. The molecule has 0 aromatic carbocycles. The summed E-state index contributed by atoms with van der Waals surface area (Å²) >= 11 is 0. The second kappa shape index (κ2) is 5.87. The third-order valence-corrected chi connectivity index (χ3v) is 2.96. The van der Waals surface area contributed by atoms with E-state index < -0.39 is 36.0 Å². The van der Waals surface area contributed by atoms with Crippen LogP contribution in [0.25, 0.3) is 0 Å². The molecule has 1 fully saturated rings. The molecule has 1 saturated heterocycles. The predicted octanol–water partition coefficient (Wildman–Crippen LogP) is -1.13. The molecule has 0 saturated carbocycles. The highest BCUT2D eigenvalue weighted by atomic mass is 16.4. The van der Waals surface area contributed by atoms with Crippen LogP contribution in [0.1, 0.15) is 26.2 Å². The Morgan fingerprint density at radius 2 is 2.11 bits per heavy atom. The van der Waals surface area contributed by atoms with Crippen molar-refractivity contribution in [2.75, 3.05) is 13.1 Å². The Kier molecular flexibility index (Phi) is 4.71. The van der Waals surface area contributed by atoms with Crippen molar-refractivity contribution in [2.45, 2.75) is 37.8 Å². The number of hydrogen-bond acceptors (Lipinski definition) is 4. The maximum atomic E-state index is 11.9. The van der Waals surface area contributed by atoms with Crippen LogP contribution in [0, 0.1) is 0 Å². The van der Waals surface area contributed by atoms with Gasteiger partial charge in [0.15, 0.2) is 0 Å². The fourth-order valence-electron chi connectivity index (χ4n) is 2.03. The molecule has 5 N–H and O–H groups in total. The number of carbonyl (C=O) groups excluding carboxylic acids is 2. The van der Waals surface area contributed by atoms with Crippen molar-refractivity contribution in [1.29, 1.82) is 0 Å². The summed E-state index contributed by atoms with van der Waals surface area (Å²) in [7, 11) is 0. The summed E-state index contributed by atoms with van der Waals surface area (Å²) in [6.07, 6.45) is 0.750. The van der Waals surface area contributed by atoms with E-state index in [0.29, 0.717) is 19.4 Å². The maximum Gasteiger partial charge on any atom is 0.326 e. The first-order valence-electron chi connectivity index (χ1n) is 6.00. The average Bonchev–Trinajstić information content (AvgIpc) is 2.25. The van der Waals surface area contributed by atoms with Gasteiger partial charge in [-0.2, -0.15) is 0 Å². The SMILES string of the molecule is CC1(O)CCCN(C(=O)NC(CC(N)=O)C(=O)O)C1. The normalized spacial score (nSPS) is 24.6. The number of nitrogens with zero attached hydrogens (tertiary/aromatic N) is 1. The van der Waals surface area contributed by atoms with Crippen LogP contribution in [0.2, 0.25) is 0 Å². The Morgan fingerprint density at radius 1 is 1.47 bits per heavy atom. The van der Waals surface area contributed by atoms with E-state index in [-0.39, 0.29) is 6.54 Å². The Balaban J connectivity index is 2.61. The first-order valence-corrected chi connectivity index (χ1v) is 6.00. The van der Waals surface area contributed by atoms with Gasteiger partial charge in [0.2, 0.25) is 5.91 Å². The molecule has 8 heteroatoms. The van der Waals surface area contributed by atoms with Gasteiger partial charge in [-0.05, 0) is 19.8 Å². The van der Waals surface area contributed by atoms with Crippen LogP contribution < -0.4 is 11.1 Å². The Labute approximate surface area is 110 Å². The maximum absolute atomic E-state index is 11.9. The summed E-state index contributed by atoms with van der Waals surface area (Å²) in [5, 5.41) is 21.0. The highest BCUT2D eigenvalue weighted by Crippen LogP contribution is 2.20. The first-order chi connectivity index (χ1) is 8.71. The number of nitrogens with one attached hydrogen (secondary N) is 1. The number of β-amino-alcohol motifs (C(OH)–C–C–N with tert-alkyl or cyclic N) is 1. The lowest BCUT2D eigenvalue weighted by Gasteiger charge is -2.37. The van der Waals surface area contributed by atoms with Gasteiger partial charge in [0.1, 0.15) is 6.04 Å². The number of aliphatic carboxylic acids is 1. The number of likely N-dealkylation sites (tertiary alicyclic amines) is 1. The van der Waals surface area contributed by atoms with Gasteiger partial charge in [0, 0.05) is 6.54 Å². The molecule has 0 aliphatic carbocycles. The second-order valence-electron chi connectivity index (χ2n) is 5.03. The molecule has 2 atom stereocenters. The fourth-order valence-corrected chi connectivity index (χ4v) is 2.03. The highest BCUT2D eigenvalue weighted by Gasteiger charge is 2.32. The minimum Gasteiger partial charge on any atom is -0.480 e. The number of carboxylic acid groups (broad SMARTS) is 1. The van der Waals surface area contributed by atoms with Gasteiger partial charge in [-0.25, -0.2) is 9.59 Å². The Hall–Kier alpha value is -1.83. The van der Waals surface area contributed by atoms with E-state index in [4.69, 9.17) is 10.8 Å². The van der Waals surface area contributed by atoms with Gasteiger partial charge >= 0.3 is 12.0 Å². The summed E-state index contributed by atoms with van der Waals surface area (Å²) in [5.41, 5.74) is 3.95. The minimum absolute atomic E-state index is 0.127. The molecule has 8 nitrogen and oxygen atoms in total. The molecule has 19 heavy (non-hydrogen) atoms. The van der Waals surface area contributed by atoms with E-state index in [1.54, 1.807) is 6.92 Å². The largest absolute Gasteiger partial charge is 0.480 e. The number of carbonyl (C=O) groups is 3. The number of hydrogen-bond donors (Lipinski definition) is 4. The lowest BCUT2D eigenvalue weighted by Crippen LogP contribution is -2.55. The minimum atomic E-state index is -1.35. The lowest BCUT2D eigenvalue weighted by molar-refractivity contribution is -0.141. The van der Waals surface area contributed by atoms with Gasteiger partial charge in [-0.1, -0.05) is 0 Å². The first kappa shape index (κ1) is 15.2. The van der Waals surface area contributed by atoms with Crippen LogP contribution in [0.5, 0.6) is 0 Å². The van der Waals surface area contributed by atoms with Crippen molar-refractivity contribution < 1.29 is 24.6 Å². The van der Waals surface area contributed by atoms with Gasteiger partial charge in [0.25, 0.3) is 0 Å². The summed E-state index contributed by atoms with van der Waals surface area (Å²) in [4.78, 5) is 34.8. The topological polar surface area (TPSA) is 133 Å². The van der Waals surface area contributed by atoms with Crippen LogP contribution in [0.15, 0.2) is 0 Å². The quantitative estimate of drug-likeness (QED) is 0.514. The summed E-state index contributed by atoms with van der Waals surface area (Å²) < 4.78 is 0. The molecular weight excluding hydrogens is 254 g/mol. The van der Waals surface area contributed by atoms with Crippen molar-refractivity contribution in [1.82, 2.24) is 10.2 Å². The van der Waals surface area contributed by atoms with Crippen molar-refractivity contribution in [3.05, 3.63) is 0 Å². The number of rotatable bonds is 4. The fraction of sp³-hybridized carbons (Fsp3) is 0.727. The number of carboxylic acids is 1. The highest BCUT2D eigenvalue weighted by molar-refractivity contribution is 5.87. The van der Waals surface area contributed by atoms with Gasteiger partial charge in [-0.15, -0.1) is 0 Å². The van der Waals surface area contributed by atoms with E-state index in [2.05, 4.69) is 5.32 Å². The second-order valence-corrected chi connectivity index (χ2v) is 5.03. The Bertz CT molecular complexity index is 383. The average molecular weight is 273 g/mol. The third-order valence-electron chi connectivity index (χ3n) is 2.96. The molecule has 0 spiro atoms. The van der Waals surface area contributed by atoms with E-state index in [1.807, 2.05) is 0 Å². The van der Waals surface area contributed by atoms with E-state index in [1.165, 1.54) is 4.90 Å². The predicted molar refractivity (Wildman–Crippen MR) is 65.2 cm³/mol. The molecule has 0 aromatic heterocycles. The molecule has 1 heterocycles. The molecule has 0 aromatic rings. The van der Waals surface area contributed by atoms with Crippen LogP contribution in [0.3, 0.4) is 0 Å². The van der Waals surface area contributed by atoms with E-state index in [0.717, 1.165) is 0 Å². The molecule has 1 rings (SSSR count). The molecule has 0 bridgehead atoms. The molecule has 1 aliphatic heterocycles.